The standard InChI is InChI=1S/C13H15IN4/c1-9-6-7-11(14)8-12(9)18-13(15-16-17-18)10-4-2-3-5-10/h6-8,10H,2-5H2,1H3. The Kier molecular flexibility index (Phi) is 3.32. The topological polar surface area (TPSA) is 43.6 Å². The molecule has 0 amide bonds. The van der Waals surface area contributed by atoms with E-state index < -0.39 is 0 Å². The first-order valence-electron chi connectivity index (χ1n) is 6.30. The van der Waals surface area contributed by atoms with E-state index >= 15 is 0 Å². The van der Waals surface area contributed by atoms with Crippen molar-refractivity contribution in [2.75, 3.05) is 0 Å². The molecule has 0 atom stereocenters. The van der Waals surface area contributed by atoms with Gasteiger partial charge in [0.25, 0.3) is 0 Å². The molecule has 0 radical (unpaired) electrons. The average Bonchev–Trinajstić information content (AvgIpc) is 3.00. The Morgan fingerprint density at radius 2 is 2.06 bits per heavy atom. The van der Waals surface area contributed by atoms with E-state index in [1.807, 2.05) is 4.68 Å². The summed E-state index contributed by atoms with van der Waals surface area (Å²) in [6.07, 6.45) is 5.01. The van der Waals surface area contributed by atoms with E-state index in [-0.39, 0.29) is 0 Å². The van der Waals surface area contributed by atoms with Crippen molar-refractivity contribution in [1.29, 1.82) is 0 Å². The van der Waals surface area contributed by atoms with Crippen molar-refractivity contribution in [1.82, 2.24) is 20.2 Å². The van der Waals surface area contributed by atoms with Gasteiger partial charge >= 0.3 is 0 Å². The Balaban J connectivity index is 2.06. The minimum absolute atomic E-state index is 0.525. The van der Waals surface area contributed by atoms with Gasteiger partial charge in [0, 0.05) is 9.49 Å². The molecule has 1 aliphatic carbocycles. The first-order valence-corrected chi connectivity index (χ1v) is 7.38. The van der Waals surface area contributed by atoms with Crippen molar-refractivity contribution in [3.8, 4) is 5.69 Å². The molecule has 4 nitrogen and oxygen atoms in total. The van der Waals surface area contributed by atoms with Crippen LogP contribution < -0.4 is 0 Å². The highest BCUT2D eigenvalue weighted by molar-refractivity contribution is 14.1. The van der Waals surface area contributed by atoms with Crippen LogP contribution in [0.5, 0.6) is 0 Å². The summed E-state index contributed by atoms with van der Waals surface area (Å²) < 4.78 is 3.13. The highest BCUT2D eigenvalue weighted by Crippen LogP contribution is 2.33. The van der Waals surface area contributed by atoms with E-state index in [0.29, 0.717) is 5.92 Å². The van der Waals surface area contributed by atoms with Gasteiger partial charge < -0.3 is 0 Å². The first kappa shape index (κ1) is 12.1. The molecule has 1 aliphatic rings. The number of hydrogen-bond donors (Lipinski definition) is 0. The van der Waals surface area contributed by atoms with Crippen molar-refractivity contribution in [3.63, 3.8) is 0 Å². The number of aromatic nitrogens is 4. The largest absolute Gasteiger partial charge is 0.197 e. The number of benzene rings is 1. The summed E-state index contributed by atoms with van der Waals surface area (Å²) in [4.78, 5) is 0. The Morgan fingerprint density at radius 3 is 2.83 bits per heavy atom. The summed E-state index contributed by atoms with van der Waals surface area (Å²) in [5, 5.41) is 12.3. The normalized spacial score (nSPS) is 16.3. The minimum Gasteiger partial charge on any atom is -0.197 e. The molecule has 0 bridgehead atoms. The predicted molar refractivity (Wildman–Crippen MR) is 77.8 cm³/mol. The second-order valence-corrected chi connectivity index (χ2v) is 6.11. The van der Waals surface area contributed by atoms with Crippen LogP contribution in [0.4, 0.5) is 0 Å². The highest BCUT2D eigenvalue weighted by Gasteiger charge is 2.24. The molecule has 0 unspecified atom stereocenters. The third-order valence-electron chi connectivity index (χ3n) is 3.61. The zero-order valence-electron chi connectivity index (χ0n) is 10.3. The van der Waals surface area contributed by atoms with Crippen LogP contribution in [-0.4, -0.2) is 20.2 Å². The Labute approximate surface area is 120 Å². The van der Waals surface area contributed by atoms with Crippen molar-refractivity contribution < 1.29 is 0 Å². The van der Waals surface area contributed by atoms with Crippen LogP contribution in [-0.2, 0) is 0 Å². The predicted octanol–water partition coefficient (Wildman–Crippen LogP) is 3.23. The molecular weight excluding hydrogens is 339 g/mol. The van der Waals surface area contributed by atoms with Gasteiger partial charge in [-0.2, -0.15) is 4.68 Å². The molecule has 1 saturated carbocycles. The number of halogens is 1. The molecule has 1 aromatic heterocycles. The van der Waals surface area contributed by atoms with Crippen LogP contribution in [0.3, 0.4) is 0 Å². The number of rotatable bonds is 2. The summed E-state index contributed by atoms with van der Waals surface area (Å²) in [5.74, 6) is 1.55. The van der Waals surface area contributed by atoms with E-state index in [9.17, 15) is 0 Å². The fraction of sp³-hybridized carbons (Fsp3) is 0.462. The third kappa shape index (κ3) is 2.15. The Morgan fingerprint density at radius 1 is 1.28 bits per heavy atom. The lowest BCUT2D eigenvalue weighted by atomic mass is 10.1. The van der Waals surface area contributed by atoms with Gasteiger partial charge in [0.1, 0.15) is 0 Å². The van der Waals surface area contributed by atoms with Gasteiger partial charge in [-0.15, -0.1) is 5.10 Å². The SMILES string of the molecule is Cc1ccc(I)cc1-n1nnnc1C1CCCC1. The molecule has 1 aromatic carbocycles. The van der Waals surface area contributed by atoms with Gasteiger partial charge in [-0.05, 0) is 70.5 Å². The molecule has 5 heteroatoms. The maximum absolute atomic E-state index is 4.24. The van der Waals surface area contributed by atoms with E-state index in [4.69, 9.17) is 0 Å². The number of hydrogen-bond acceptors (Lipinski definition) is 3. The maximum Gasteiger partial charge on any atom is 0.159 e. The molecule has 1 heterocycles. The van der Waals surface area contributed by atoms with Crippen molar-refractivity contribution in [3.05, 3.63) is 33.2 Å². The Hall–Kier alpha value is -0.980. The lowest BCUT2D eigenvalue weighted by Crippen LogP contribution is -2.08. The lowest BCUT2D eigenvalue weighted by Gasteiger charge is -2.11. The third-order valence-corrected chi connectivity index (χ3v) is 4.28. The molecule has 0 aliphatic heterocycles. The monoisotopic (exact) mass is 354 g/mol. The van der Waals surface area contributed by atoms with Crippen LogP contribution in [0.2, 0.25) is 0 Å². The molecule has 2 aromatic rings. The minimum atomic E-state index is 0.525. The number of tetrazole rings is 1. The van der Waals surface area contributed by atoms with Gasteiger partial charge in [0.15, 0.2) is 5.82 Å². The van der Waals surface area contributed by atoms with Gasteiger partial charge in [0.05, 0.1) is 5.69 Å². The Bertz CT molecular complexity index is 558. The highest BCUT2D eigenvalue weighted by atomic mass is 127. The molecular formula is C13H15IN4. The van der Waals surface area contributed by atoms with Crippen molar-refractivity contribution >= 4 is 22.6 Å². The second-order valence-electron chi connectivity index (χ2n) is 4.86. The number of aryl methyl sites for hydroxylation is 1. The molecule has 3 rings (SSSR count). The van der Waals surface area contributed by atoms with E-state index in [1.54, 1.807) is 0 Å². The van der Waals surface area contributed by atoms with Crippen LogP contribution in [0.1, 0.15) is 43.0 Å². The molecule has 0 saturated heterocycles. The second kappa shape index (κ2) is 4.95. The molecule has 1 fully saturated rings. The summed E-state index contributed by atoms with van der Waals surface area (Å²) in [6.45, 7) is 2.10. The fourth-order valence-corrected chi connectivity index (χ4v) is 3.09. The maximum atomic E-state index is 4.24. The zero-order valence-corrected chi connectivity index (χ0v) is 12.5. The summed E-state index contributed by atoms with van der Waals surface area (Å²) in [5.41, 5.74) is 2.32. The van der Waals surface area contributed by atoms with Crippen molar-refractivity contribution in [2.45, 2.75) is 38.5 Å². The van der Waals surface area contributed by atoms with Gasteiger partial charge in [-0.1, -0.05) is 18.9 Å². The van der Waals surface area contributed by atoms with Crippen LogP contribution in [0.15, 0.2) is 18.2 Å². The van der Waals surface area contributed by atoms with Gasteiger partial charge in [-0.3, -0.25) is 0 Å². The van der Waals surface area contributed by atoms with Crippen LogP contribution in [0, 0.1) is 10.5 Å². The van der Waals surface area contributed by atoms with Crippen LogP contribution >= 0.6 is 22.6 Å². The lowest BCUT2D eigenvalue weighted by molar-refractivity contribution is 0.635. The van der Waals surface area contributed by atoms with Gasteiger partial charge in [-0.25, -0.2) is 0 Å². The quantitative estimate of drug-likeness (QED) is 0.778. The van der Waals surface area contributed by atoms with Gasteiger partial charge in [0.2, 0.25) is 0 Å². The summed E-state index contributed by atoms with van der Waals surface area (Å²) in [7, 11) is 0. The van der Waals surface area contributed by atoms with Crippen LogP contribution in [0.25, 0.3) is 5.69 Å². The fourth-order valence-electron chi connectivity index (χ4n) is 2.61. The summed E-state index contributed by atoms with van der Waals surface area (Å²) in [6, 6.07) is 6.38. The van der Waals surface area contributed by atoms with E-state index in [1.165, 1.54) is 34.8 Å². The molecule has 0 N–H and O–H groups in total. The molecule has 0 spiro atoms. The average molecular weight is 354 g/mol. The molecule has 94 valence electrons. The number of nitrogens with zero attached hydrogens (tertiary/aromatic N) is 4. The zero-order chi connectivity index (χ0) is 12.5. The first-order chi connectivity index (χ1) is 8.75. The molecule has 18 heavy (non-hydrogen) atoms. The summed E-state index contributed by atoms with van der Waals surface area (Å²) >= 11 is 2.33. The van der Waals surface area contributed by atoms with Crippen molar-refractivity contribution in [2.24, 2.45) is 0 Å². The van der Waals surface area contributed by atoms with E-state index in [0.717, 1.165) is 11.5 Å². The van der Waals surface area contributed by atoms with E-state index in [2.05, 4.69) is 63.2 Å². The smallest absolute Gasteiger partial charge is 0.159 e.